The van der Waals surface area contributed by atoms with Crippen LogP contribution in [0.25, 0.3) is 0 Å². The highest BCUT2D eigenvalue weighted by atomic mass is 16.2. The molecule has 0 spiro atoms. The number of rotatable bonds is 5. The molecule has 2 amide bonds. The van der Waals surface area contributed by atoms with E-state index in [2.05, 4.69) is 35.9 Å². The molecule has 1 aliphatic carbocycles. The average molecular weight is 343 g/mol. The standard InChI is InChI=1S/C20H29N3O2/c1-13-3-7-17(8-4-13)22-20(25)12-21-14(2)15-5-9-18-16(11-15)6-10-19(24)23-18/h5,9,11,13-14,17,21H,3-4,6-8,10,12H2,1-2H3,(H,22,25)(H,23,24)/t13?,14-,17?/m1/s1. The molecule has 1 aliphatic heterocycles. The largest absolute Gasteiger partial charge is 0.352 e. The highest BCUT2D eigenvalue weighted by molar-refractivity contribution is 5.93. The van der Waals surface area contributed by atoms with Crippen molar-refractivity contribution in [3.8, 4) is 0 Å². The minimum atomic E-state index is 0.0802. The molecule has 1 aromatic rings. The molecule has 2 aliphatic rings. The molecule has 1 fully saturated rings. The fourth-order valence-corrected chi connectivity index (χ4v) is 3.72. The monoisotopic (exact) mass is 343 g/mol. The molecule has 1 atom stereocenters. The van der Waals surface area contributed by atoms with Gasteiger partial charge < -0.3 is 16.0 Å². The highest BCUT2D eigenvalue weighted by Crippen LogP contribution is 2.26. The fourth-order valence-electron chi connectivity index (χ4n) is 3.72. The Morgan fingerprint density at radius 2 is 2.00 bits per heavy atom. The van der Waals surface area contributed by atoms with Gasteiger partial charge in [-0.3, -0.25) is 9.59 Å². The molecule has 3 rings (SSSR count). The lowest BCUT2D eigenvalue weighted by Crippen LogP contribution is -2.42. The van der Waals surface area contributed by atoms with Gasteiger partial charge in [0.05, 0.1) is 6.54 Å². The van der Waals surface area contributed by atoms with E-state index in [1.54, 1.807) is 0 Å². The van der Waals surface area contributed by atoms with Gasteiger partial charge in [0, 0.05) is 24.2 Å². The van der Waals surface area contributed by atoms with Crippen molar-refractivity contribution in [2.75, 3.05) is 11.9 Å². The second-order valence-electron chi connectivity index (χ2n) is 7.59. The Morgan fingerprint density at radius 1 is 1.24 bits per heavy atom. The highest BCUT2D eigenvalue weighted by Gasteiger charge is 2.20. The summed E-state index contributed by atoms with van der Waals surface area (Å²) in [4.78, 5) is 23.6. The number of aryl methyl sites for hydroxylation is 1. The van der Waals surface area contributed by atoms with Crippen LogP contribution in [0.1, 0.15) is 63.1 Å². The predicted octanol–water partition coefficient (Wildman–Crippen LogP) is 2.92. The van der Waals surface area contributed by atoms with Crippen LogP contribution >= 0.6 is 0 Å². The minimum Gasteiger partial charge on any atom is -0.352 e. The zero-order valence-electron chi connectivity index (χ0n) is 15.2. The third-order valence-corrected chi connectivity index (χ3v) is 5.47. The number of anilines is 1. The van der Waals surface area contributed by atoms with Crippen LogP contribution in [0.3, 0.4) is 0 Å². The van der Waals surface area contributed by atoms with Gasteiger partial charge in [0.25, 0.3) is 0 Å². The number of carbonyl (C=O) groups is 2. The zero-order valence-corrected chi connectivity index (χ0v) is 15.2. The topological polar surface area (TPSA) is 70.2 Å². The summed E-state index contributed by atoms with van der Waals surface area (Å²) in [6, 6.07) is 6.55. The second-order valence-corrected chi connectivity index (χ2v) is 7.59. The summed E-state index contributed by atoms with van der Waals surface area (Å²) in [6.07, 6.45) is 5.93. The van der Waals surface area contributed by atoms with Crippen molar-refractivity contribution in [3.63, 3.8) is 0 Å². The first-order valence-corrected chi connectivity index (χ1v) is 9.46. The summed E-state index contributed by atoms with van der Waals surface area (Å²) in [6.45, 7) is 4.69. The summed E-state index contributed by atoms with van der Waals surface area (Å²) < 4.78 is 0. The number of fused-ring (bicyclic) bond motifs is 1. The number of hydrogen-bond acceptors (Lipinski definition) is 3. The molecule has 0 radical (unpaired) electrons. The smallest absolute Gasteiger partial charge is 0.234 e. The van der Waals surface area contributed by atoms with Crippen molar-refractivity contribution in [1.29, 1.82) is 0 Å². The summed E-state index contributed by atoms with van der Waals surface area (Å²) >= 11 is 0. The lowest BCUT2D eigenvalue weighted by molar-refractivity contribution is -0.121. The van der Waals surface area contributed by atoms with Gasteiger partial charge in [0.1, 0.15) is 0 Å². The van der Waals surface area contributed by atoms with Crippen LogP contribution in [0.15, 0.2) is 18.2 Å². The van der Waals surface area contributed by atoms with Gasteiger partial charge in [-0.2, -0.15) is 0 Å². The zero-order chi connectivity index (χ0) is 17.8. The van der Waals surface area contributed by atoms with Crippen LogP contribution in [0.4, 0.5) is 5.69 Å². The summed E-state index contributed by atoms with van der Waals surface area (Å²) in [5.74, 6) is 0.955. The number of nitrogens with one attached hydrogen (secondary N) is 3. The first-order valence-electron chi connectivity index (χ1n) is 9.46. The van der Waals surface area contributed by atoms with E-state index in [0.717, 1.165) is 36.4 Å². The summed E-state index contributed by atoms with van der Waals surface area (Å²) in [7, 11) is 0. The van der Waals surface area contributed by atoms with Crippen molar-refractivity contribution in [2.45, 2.75) is 64.5 Å². The van der Waals surface area contributed by atoms with E-state index in [4.69, 9.17) is 0 Å². The first-order chi connectivity index (χ1) is 12.0. The first kappa shape index (κ1) is 17.9. The van der Waals surface area contributed by atoms with Crippen molar-refractivity contribution in [2.24, 2.45) is 5.92 Å². The number of carbonyl (C=O) groups excluding carboxylic acids is 2. The van der Waals surface area contributed by atoms with E-state index in [0.29, 0.717) is 19.0 Å². The molecule has 0 saturated heterocycles. The molecule has 25 heavy (non-hydrogen) atoms. The van der Waals surface area contributed by atoms with Gasteiger partial charge in [0.15, 0.2) is 0 Å². The van der Waals surface area contributed by atoms with E-state index in [1.807, 2.05) is 12.1 Å². The van der Waals surface area contributed by atoms with Crippen LogP contribution in [-0.4, -0.2) is 24.4 Å². The molecule has 136 valence electrons. The van der Waals surface area contributed by atoms with Crippen LogP contribution < -0.4 is 16.0 Å². The van der Waals surface area contributed by atoms with E-state index < -0.39 is 0 Å². The minimum absolute atomic E-state index is 0.0802. The molecular weight excluding hydrogens is 314 g/mol. The van der Waals surface area contributed by atoms with Crippen LogP contribution in [-0.2, 0) is 16.0 Å². The molecule has 5 heteroatoms. The van der Waals surface area contributed by atoms with Crippen molar-refractivity contribution < 1.29 is 9.59 Å². The van der Waals surface area contributed by atoms with Gasteiger partial charge in [-0.25, -0.2) is 0 Å². The molecule has 3 N–H and O–H groups in total. The molecule has 0 bridgehead atoms. The third kappa shape index (κ3) is 4.82. The Balaban J connectivity index is 1.48. The van der Waals surface area contributed by atoms with Crippen molar-refractivity contribution in [1.82, 2.24) is 10.6 Å². The molecular formula is C20H29N3O2. The predicted molar refractivity (Wildman–Crippen MR) is 99.4 cm³/mol. The molecule has 1 heterocycles. The number of benzene rings is 1. The fraction of sp³-hybridized carbons (Fsp3) is 0.600. The van der Waals surface area contributed by atoms with E-state index in [1.165, 1.54) is 18.4 Å². The van der Waals surface area contributed by atoms with Crippen LogP contribution in [0.2, 0.25) is 0 Å². The molecule has 1 aromatic carbocycles. The molecule has 5 nitrogen and oxygen atoms in total. The maximum Gasteiger partial charge on any atom is 0.234 e. The van der Waals surface area contributed by atoms with E-state index in [9.17, 15) is 9.59 Å². The number of amides is 2. The van der Waals surface area contributed by atoms with Crippen molar-refractivity contribution in [3.05, 3.63) is 29.3 Å². The lowest BCUT2D eigenvalue weighted by Gasteiger charge is -2.27. The van der Waals surface area contributed by atoms with E-state index >= 15 is 0 Å². The Kier molecular flexibility index (Phi) is 5.74. The maximum atomic E-state index is 12.2. The van der Waals surface area contributed by atoms with Crippen LogP contribution in [0, 0.1) is 5.92 Å². The van der Waals surface area contributed by atoms with Gasteiger partial charge in [-0.1, -0.05) is 19.1 Å². The SMILES string of the molecule is CC1CCC(NC(=O)CN[C@H](C)c2ccc3c(c2)CCC(=O)N3)CC1. The Hall–Kier alpha value is -1.88. The molecule has 0 aromatic heterocycles. The van der Waals surface area contributed by atoms with Crippen LogP contribution in [0.5, 0.6) is 0 Å². The van der Waals surface area contributed by atoms with Gasteiger partial charge in [-0.05, 0) is 62.1 Å². The normalized spacial score (nSPS) is 24.2. The Labute approximate surface area is 150 Å². The van der Waals surface area contributed by atoms with Gasteiger partial charge in [-0.15, -0.1) is 0 Å². The summed E-state index contributed by atoms with van der Waals surface area (Å²) in [5, 5.41) is 9.37. The Bertz CT molecular complexity index is 636. The third-order valence-electron chi connectivity index (χ3n) is 5.47. The maximum absolute atomic E-state index is 12.2. The van der Waals surface area contributed by atoms with Gasteiger partial charge >= 0.3 is 0 Å². The average Bonchev–Trinajstić information content (AvgIpc) is 2.61. The van der Waals surface area contributed by atoms with Gasteiger partial charge in [0.2, 0.25) is 11.8 Å². The second kappa shape index (κ2) is 8.00. The van der Waals surface area contributed by atoms with Crippen molar-refractivity contribution >= 4 is 17.5 Å². The summed E-state index contributed by atoms with van der Waals surface area (Å²) in [5.41, 5.74) is 3.23. The lowest BCUT2D eigenvalue weighted by atomic mass is 9.87. The quantitative estimate of drug-likeness (QED) is 0.770. The Morgan fingerprint density at radius 3 is 2.76 bits per heavy atom. The number of hydrogen-bond donors (Lipinski definition) is 3. The van der Waals surface area contributed by atoms with E-state index in [-0.39, 0.29) is 17.9 Å². The molecule has 1 saturated carbocycles. The molecule has 0 unspecified atom stereocenters.